The van der Waals surface area contributed by atoms with Gasteiger partial charge in [-0.25, -0.2) is 9.97 Å². The molecular weight excluding hydrogens is 390 g/mol. The molecule has 1 fully saturated rings. The average molecular weight is 411 g/mol. The zero-order valence-corrected chi connectivity index (χ0v) is 16.9. The molecule has 0 bridgehead atoms. The lowest BCUT2D eigenvalue weighted by Crippen LogP contribution is -3.13. The maximum Gasteiger partial charge on any atom is 0.259 e. The lowest BCUT2D eigenvalue weighted by atomic mass is 10.2. The van der Waals surface area contributed by atoms with Gasteiger partial charge in [0.15, 0.2) is 11.0 Å². The van der Waals surface area contributed by atoms with Gasteiger partial charge >= 0.3 is 0 Å². The highest BCUT2D eigenvalue weighted by Gasteiger charge is 2.22. The molecule has 0 unspecified atom stereocenters. The molecule has 1 aromatic carbocycles. The average Bonchev–Trinajstić information content (AvgIpc) is 3.40. The first kappa shape index (κ1) is 17.5. The van der Waals surface area contributed by atoms with E-state index in [1.165, 1.54) is 4.90 Å². The fourth-order valence-electron chi connectivity index (χ4n) is 3.60. The van der Waals surface area contributed by atoms with Gasteiger partial charge in [-0.2, -0.15) is 0 Å². The lowest BCUT2D eigenvalue weighted by molar-refractivity contribution is -0.915. The van der Waals surface area contributed by atoms with Crippen molar-refractivity contribution in [2.24, 2.45) is 0 Å². The van der Waals surface area contributed by atoms with Gasteiger partial charge in [-0.15, -0.1) is 22.7 Å². The number of hydrogen-bond donors (Lipinski definition) is 2. The minimum Gasteiger partial charge on any atom is -0.337 e. The number of thiophene rings is 1. The van der Waals surface area contributed by atoms with Crippen LogP contribution >= 0.6 is 22.7 Å². The molecule has 5 rings (SSSR count). The van der Waals surface area contributed by atoms with Crippen molar-refractivity contribution in [3.05, 3.63) is 64.2 Å². The number of quaternary nitrogens is 1. The molecule has 8 heteroatoms. The van der Waals surface area contributed by atoms with E-state index in [0.717, 1.165) is 59.0 Å². The largest absolute Gasteiger partial charge is 0.337 e. The molecule has 6 nitrogen and oxygen atoms in total. The Bertz CT molecular complexity index is 1130. The first-order chi connectivity index (χ1) is 13.8. The smallest absolute Gasteiger partial charge is 0.259 e. The third kappa shape index (κ3) is 3.46. The predicted molar refractivity (Wildman–Crippen MR) is 114 cm³/mol. The number of thiazole rings is 1. The number of nitrogens with one attached hydrogen (secondary N) is 2. The minimum atomic E-state index is -0.0424. The molecule has 28 heavy (non-hydrogen) atoms. The van der Waals surface area contributed by atoms with Gasteiger partial charge in [-0.05, 0) is 11.6 Å². The van der Waals surface area contributed by atoms with Crippen LogP contribution in [-0.2, 0) is 6.54 Å². The van der Waals surface area contributed by atoms with Crippen LogP contribution in [0.15, 0.2) is 52.8 Å². The van der Waals surface area contributed by atoms with E-state index < -0.39 is 0 Å². The third-order valence-electron chi connectivity index (χ3n) is 5.09. The Morgan fingerprint density at radius 2 is 2.00 bits per heavy atom. The number of anilines is 1. The Morgan fingerprint density at radius 3 is 2.75 bits per heavy atom. The van der Waals surface area contributed by atoms with Crippen molar-refractivity contribution in [1.29, 1.82) is 0 Å². The summed E-state index contributed by atoms with van der Waals surface area (Å²) < 4.78 is 0. The Labute approximate surface area is 170 Å². The van der Waals surface area contributed by atoms with Gasteiger partial charge in [-0.1, -0.05) is 30.3 Å². The van der Waals surface area contributed by atoms with Gasteiger partial charge in [0.1, 0.15) is 11.4 Å². The number of piperazine rings is 1. The quantitative estimate of drug-likeness (QED) is 0.540. The third-order valence-corrected chi connectivity index (χ3v) is 7.00. The van der Waals surface area contributed by atoms with Gasteiger partial charge in [0.25, 0.3) is 5.56 Å². The summed E-state index contributed by atoms with van der Waals surface area (Å²) in [5.74, 6) is 0.775. The zero-order chi connectivity index (χ0) is 18.9. The van der Waals surface area contributed by atoms with Crippen molar-refractivity contribution in [2.45, 2.75) is 6.54 Å². The molecule has 0 aliphatic carbocycles. The molecule has 0 atom stereocenters. The topological polar surface area (TPSA) is 66.3 Å². The molecule has 3 aromatic heterocycles. The molecule has 4 aromatic rings. The number of aromatic amines is 1. The van der Waals surface area contributed by atoms with E-state index in [1.807, 2.05) is 35.8 Å². The molecule has 142 valence electrons. The summed E-state index contributed by atoms with van der Waals surface area (Å²) in [6, 6.07) is 12.1. The second-order valence-corrected chi connectivity index (χ2v) is 8.84. The van der Waals surface area contributed by atoms with E-state index >= 15 is 0 Å². The standard InChI is InChI=1S/C20H19N5OS2/c26-18-15-12-16(14-4-2-1-3-5-14)28-19(15)23-17(22-18)13-24-7-9-25(10-8-24)20-21-6-11-27-20/h1-6,11-12H,7-10,13H2,(H,22,23,26)/p+1. The normalized spacial score (nSPS) is 15.4. The SMILES string of the molecule is O=c1[nH]c(C[NH+]2CCN(c3nccs3)CC2)nc2sc(-c3ccccc3)cc12. The summed E-state index contributed by atoms with van der Waals surface area (Å²) in [6.07, 6.45) is 1.85. The summed E-state index contributed by atoms with van der Waals surface area (Å²) >= 11 is 3.27. The van der Waals surface area contributed by atoms with E-state index in [9.17, 15) is 4.79 Å². The molecule has 0 radical (unpaired) electrons. The summed E-state index contributed by atoms with van der Waals surface area (Å²) in [5.41, 5.74) is 1.08. The number of hydrogen-bond acceptors (Lipinski definition) is 6. The Balaban J connectivity index is 1.33. The van der Waals surface area contributed by atoms with Gasteiger partial charge in [0.05, 0.1) is 31.6 Å². The molecule has 2 N–H and O–H groups in total. The molecule has 1 aliphatic heterocycles. The molecule has 0 saturated carbocycles. The number of fused-ring (bicyclic) bond motifs is 1. The highest BCUT2D eigenvalue weighted by molar-refractivity contribution is 7.21. The Kier molecular flexibility index (Phi) is 4.67. The fourth-order valence-corrected chi connectivity index (χ4v) is 5.36. The lowest BCUT2D eigenvalue weighted by Gasteiger charge is -2.31. The van der Waals surface area contributed by atoms with Crippen molar-refractivity contribution in [2.75, 3.05) is 31.1 Å². The van der Waals surface area contributed by atoms with Crippen molar-refractivity contribution < 1.29 is 4.90 Å². The number of H-pyrrole nitrogens is 1. The Morgan fingerprint density at radius 1 is 1.18 bits per heavy atom. The summed E-state index contributed by atoms with van der Waals surface area (Å²) in [5, 5.41) is 3.79. The highest BCUT2D eigenvalue weighted by atomic mass is 32.1. The summed E-state index contributed by atoms with van der Waals surface area (Å²) in [4.78, 5) is 30.4. The monoisotopic (exact) mass is 410 g/mol. The van der Waals surface area contributed by atoms with Crippen LogP contribution < -0.4 is 15.4 Å². The van der Waals surface area contributed by atoms with Crippen molar-refractivity contribution in [3.8, 4) is 10.4 Å². The van der Waals surface area contributed by atoms with Crippen molar-refractivity contribution in [1.82, 2.24) is 15.0 Å². The second kappa shape index (κ2) is 7.46. The van der Waals surface area contributed by atoms with Gasteiger partial charge in [0.2, 0.25) is 0 Å². The number of benzene rings is 1. The zero-order valence-electron chi connectivity index (χ0n) is 15.2. The molecule has 0 amide bonds. The van der Waals surface area contributed by atoms with E-state index in [2.05, 4.69) is 27.0 Å². The highest BCUT2D eigenvalue weighted by Crippen LogP contribution is 2.30. The van der Waals surface area contributed by atoms with Gasteiger partial charge < -0.3 is 14.8 Å². The summed E-state index contributed by atoms with van der Waals surface area (Å²) in [6.45, 7) is 4.73. The first-order valence-corrected chi connectivity index (χ1v) is 11.0. The van der Waals surface area contributed by atoms with Gasteiger partial charge in [-0.3, -0.25) is 4.79 Å². The molecule has 1 aliphatic rings. The van der Waals surface area contributed by atoms with Gasteiger partial charge in [0, 0.05) is 16.5 Å². The van der Waals surface area contributed by atoms with E-state index in [0.29, 0.717) is 5.39 Å². The van der Waals surface area contributed by atoms with Crippen LogP contribution in [0.5, 0.6) is 0 Å². The number of rotatable bonds is 4. The summed E-state index contributed by atoms with van der Waals surface area (Å²) in [7, 11) is 0. The minimum absolute atomic E-state index is 0.0424. The fraction of sp³-hybridized carbons (Fsp3) is 0.250. The Hall–Kier alpha value is -2.55. The number of nitrogens with zero attached hydrogens (tertiary/aromatic N) is 3. The van der Waals surface area contributed by atoms with E-state index in [-0.39, 0.29) is 5.56 Å². The van der Waals surface area contributed by atoms with Crippen LogP contribution in [0.2, 0.25) is 0 Å². The van der Waals surface area contributed by atoms with Crippen LogP contribution in [0.25, 0.3) is 20.7 Å². The van der Waals surface area contributed by atoms with E-state index in [1.54, 1.807) is 22.7 Å². The maximum atomic E-state index is 12.6. The molecule has 1 saturated heterocycles. The van der Waals surface area contributed by atoms with Crippen LogP contribution in [0.1, 0.15) is 5.82 Å². The predicted octanol–water partition coefficient (Wildman–Crippen LogP) is 2.01. The van der Waals surface area contributed by atoms with Crippen LogP contribution in [0, 0.1) is 0 Å². The second-order valence-electron chi connectivity index (χ2n) is 6.94. The van der Waals surface area contributed by atoms with Crippen molar-refractivity contribution in [3.63, 3.8) is 0 Å². The molecular formula is C20H20N5OS2+. The number of aromatic nitrogens is 3. The molecule has 0 spiro atoms. The maximum absolute atomic E-state index is 12.6. The van der Waals surface area contributed by atoms with Crippen LogP contribution in [-0.4, -0.2) is 41.1 Å². The van der Waals surface area contributed by atoms with E-state index in [4.69, 9.17) is 4.98 Å². The van der Waals surface area contributed by atoms with Crippen LogP contribution in [0.4, 0.5) is 5.13 Å². The first-order valence-electron chi connectivity index (χ1n) is 9.32. The van der Waals surface area contributed by atoms with Crippen molar-refractivity contribution >= 4 is 38.0 Å². The van der Waals surface area contributed by atoms with Crippen LogP contribution in [0.3, 0.4) is 0 Å². The molecule has 4 heterocycles.